The van der Waals surface area contributed by atoms with E-state index >= 15 is 0 Å². The molecule has 19 heavy (non-hydrogen) atoms. The van der Waals surface area contributed by atoms with E-state index < -0.39 is 17.5 Å². The number of hydrogen-bond acceptors (Lipinski definition) is 2. The maximum atomic E-state index is 13.7. The summed E-state index contributed by atoms with van der Waals surface area (Å²) in [6.07, 6.45) is 0. The third-order valence-electron chi connectivity index (χ3n) is 3.47. The Bertz CT molecular complexity index is 495. The van der Waals surface area contributed by atoms with Crippen LogP contribution in [0.4, 0.5) is 14.5 Å². The number of hydrogen-bond donors (Lipinski definition) is 1. The fourth-order valence-electron chi connectivity index (χ4n) is 1.68. The molecule has 0 heterocycles. The van der Waals surface area contributed by atoms with E-state index in [2.05, 4.69) is 0 Å². The van der Waals surface area contributed by atoms with Gasteiger partial charge in [0.05, 0.1) is 11.3 Å². The van der Waals surface area contributed by atoms with Gasteiger partial charge in [0, 0.05) is 19.2 Å². The summed E-state index contributed by atoms with van der Waals surface area (Å²) >= 11 is 0. The predicted molar refractivity (Wildman–Crippen MR) is 71.8 cm³/mol. The van der Waals surface area contributed by atoms with Gasteiger partial charge in [-0.1, -0.05) is 20.8 Å². The maximum Gasteiger partial charge on any atom is 0.256 e. The van der Waals surface area contributed by atoms with E-state index in [9.17, 15) is 13.6 Å². The van der Waals surface area contributed by atoms with Gasteiger partial charge in [-0.3, -0.25) is 4.79 Å². The predicted octanol–water partition coefficient (Wildman–Crippen LogP) is 3.05. The average molecular weight is 270 g/mol. The zero-order valence-electron chi connectivity index (χ0n) is 11.9. The number of nitrogens with zero attached hydrogens (tertiary/aromatic N) is 1. The molecule has 1 aromatic rings. The van der Waals surface area contributed by atoms with Crippen LogP contribution >= 0.6 is 0 Å². The van der Waals surface area contributed by atoms with Gasteiger partial charge in [-0.05, 0) is 18.4 Å². The molecule has 5 heteroatoms. The Hall–Kier alpha value is -1.65. The van der Waals surface area contributed by atoms with E-state index in [-0.39, 0.29) is 22.7 Å². The maximum absolute atomic E-state index is 13.7. The first kappa shape index (κ1) is 15.4. The smallest absolute Gasteiger partial charge is 0.256 e. The molecule has 0 fully saturated rings. The Morgan fingerprint density at radius 1 is 1.26 bits per heavy atom. The summed E-state index contributed by atoms with van der Waals surface area (Å²) in [7, 11) is 1.59. The number of nitrogen functional groups attached to an aromatic ring is 1. The summed E-state index contributed by atoms with van der Waals surface area (Å²) in [5, 5.41) is 0. The van der Waals surface area contributed by atoms with Crippen LogP contribution in [0.1, 0.15) is 38.1 Å². The van der Waals surface area contributed by atoms with Crippen molar-refractivity contribution in [3.05, 3.63) is 29.3 Å². The van der Waals surface area contributed by atoms with Crippen LogP contribution in [-0.4, -0.2) is 23.9 Å². The van der Waals surface area contributed by atoms with Crippen molar-refractivity contribution in [1.82, 2.24) is 4.90 Å². The molecule has 0 aliphatic heterocycles. The first-order chi connectivity index (χ1) is 8.55. The Kier molecular flexibility index (Phi) is 4.18. The third kappa shape index (κ3) is 3.22. The summed E-state index contributed by atoms with van der Waals surface area (Å²) in [4.78, 5) is 13.7. The Balaban J connectivity index is 3.11. The van der Waals surface area contributed by atoms with Crippen LogP contribution in [0.3, 0.4) is 0 Å². The standard InChI is InChI=1S/C14H20F2N2O/c1-8(14(2,3)4)18(5)13(19)9-6-12(17)11(16)7-10(9)15/h6-8H,17H2,1-5H3. The van der Waals surface area contributed by atoms with Gasteiger partial charge in [-0.2, -0.15) is 0 Å². The van der Waals surface area contributed by atoms with E-state index in [1.54, 1.807) is 7.05 Å². The lowest BCUT2D eigenvalue weighted by molar-refractivity contribution is 0.0624. The second kappa shape index (κ2) is 5.15. The lowest BCUT2D eigenvalue weighted by atomic mass is 9.87. The first-order valence-corrected chi connectivity index (χ1v) is 6.07. The molecule has 0 spiro atoms. The highest BCUT2D eigenvalue weighted by Gasteiger charge is 2.29. The molecule has 0 aliphatic carbocycles. The largest absolute Gasteiger partial charge is 0.396 e. The van der Waals surface area contributed by atoms with Crippen molar-refractivity contribution in [3.8, 4) is 0 Å². The third-order valence-corrected chi connectivity index (χ3v) is 3.47. The molecule has 1 rings (SSSR count). The lowest BCUT2D eigenvalue weighted by Crippen LogP contribution is -2.43. The highest BCUT2D eigenvalue weighted by atomic mass is 19.1. The number of nitrogens with two attached hydrogens (primary N) is 1. The lowest BCUT2D eigenvalue weighted by Gasteiger charge is -2.35. The van der Waals surface area contributed by atoms with Crippen LogP contribution in [0, 0.1) is 17.0 Å². The molecule has 0 aliphatic rings. The van der Waals surface area contributed by atoms with Crippen molar-refractivity contribution in [2.24, 2.45) is 5.41 Å². The molecular weight excluding hydrogens is 250 g/mol. The van der Waals surface area contributed by atoms with Crippen molar-refractivity contribution < 1.29 is 13.6 Å². The SMILES string of the molecule is CC(N(C)C(=O)c1cc(N)c(F)cc1F)C(C)(C)C. The number of benzene rings is 1. The quantitative estimate of drug-likeness (QED) is 0.839. The average Bonchev–Trinajstić information content (AvgIpc) is 2.29. The van der Waals surface area contributed by atoms with Gasteiger partial charge in [-0.15, -0.1) is 0 Å². The first-order valence-electron chi connectivity index (χ1n) is 6.07. The summed E-state index contributed by atoms with van der Waals surface area (Å²) in [5.74, 6) is -2.27. The topological polar surface area (TPSA) is 46.3 Å². The van der Waals surface area contributed by atoms with Crippen LogP contribution in [0.5, 0.6) is 0 Å². The number of halogens is 2. The van der Waals surface area contributed by atoms with Gasteiger partial charge in [0.25, 0.3) is 5.91 Å². The van der Waals surface area contributed by atoms with Crippen molar-refractivity contribution in [2.45, 2.75) is 33.7 Å². The molecule has 0 bridgehead atoms. The minimum absolute atomic E-state index is 0.106. The van der Waals surface area contributed by atoms with Crippen LogP contribution in [-0.2, 0) is 0 Å². The zero-order valence-corrected chi connectivity index (χ0v) is 11.9. The van der Waals surface area contributed by atoms with E-state index in [1.165, 1.54) is 4.90 Å². The Morgan fingerprint density at radius 2 is 1.79 bits per heavy atom. The molecule has 0 saturated carbocycles. The molecule has 1 aromatic carbocycles. The molecule has 1 unspecified atom stereocenters. The van der Waals surface area contributed by atoms with E-state index in [4.69, 9.17) is 5.73 Å². The summed E-state index contributed by atoms with van der Waals surface area (Å²) in [5.41, 5.74) is 4.79. The van der Waals surface area contributed by atoms with Crippen LogP contribution in [0.25, 0.3) is 0 Å². The molecular formula is C14H20F2N2O. The van der Waals surface area contributed by atoms with Gasteiger partial charge < -0.3 is 10.6 Å². The summed E-state index contributed by atoms with van der Waals surface area (Å²) in [6.45, 7) is 7.83. The minimum atomic E-state index is -0.898. The highest BCUT2D eigenvalue weighted by Crippen LogP contribution is 2.25. The zero-order chi connectivity index (χ0) is 15.0. The molecule has 2 N–H and O–H groups in total. The fraction of sp³-hybridized carbons (Fsp3) is 0.500. The molecule has 0 saturated heterocycles. The summed E-state index contributed by atoms with van der Waals surface area (Å²) < 4.78 is 26.7. The molecule has 3 nitrogen and oxygen atoms in total. The van der Waals surface area contributed by atoms with Crippen molar-refractivity contribution >= 4 is 11.6 Å². The van der Waals surface area contributed by atoms with Crippen LogP contribution < -0.4 is 5.73 Å². The van der Waals surface area contributed by atoms with Crippen LogP contribution in [0.15, 0.2) is 12.1 Å². The number of amides is 1. The number of carbonyl (C=O) groups excluding carboxylic acids is 1. The monoisotopic (exact) mass is 270 g/mol. The summed E-state index contributed by atoms with van der Waals surface area (Å²) in [6, 6.07) is 1.57. The molecule has 0 aromatic heterocycles. The minimum Gasteiger partial charge on any atom is -0.396 e. The van der Waals surface area contributed by atoms with E-state index in [1.807, 2.05) is 27.7 Å². The van der Waals surface area contributed by atoms with Gasteiger partial charge in [0.1, 0.15) is 11.6 Å². The molecule has 1 amide bonds. The van der Waals surface area contributed by atoms with Crippen LogP contribution in [0.2, 0.25) is 0 Å². The highest BCUT2D eigenvalue weighted by molar-refractivity contribution is 5.95. The van der Waals surface area contributed by atoms with Crippen molar-refractivity contribution in [2.75, 3.05) is 12.8 Å². The van der Waals surface area contributed by atoms with Crippen molar-refractivity contribution in [3.63, 3.8) is 0 Å². The Labute approximate surface area is 112 Å². The van der Waals surface area contributed by atoms with Gasteiger partial charge >= 0.3 is 0 Å². The van der Waals surface area contributed by atoms with E-state index in [0.29, 0.717) is 6.07 Å². The second-order valence-corrected chi connectivity index (χ2v) is 5.81. The normalized spacial score (nSPS) is 13.2. The number of carbonyl (C=O) groups is 1. The number of anilines is 1. The van der Waals surface area contributed by atoms with Gasteiger partial charge in [0.15, 0.2) is 0 Å². The number of rotatable bonds is 2. The molecule has 1 atom stereocenters. The fourth-order valence-corrected chi connectivity index (χ4v) is 1.68. The molecule has 0 radical (unpaired) electrons. The second-order valence-electron chi connectivity index (χ2n) is 5.81. The molecule has 106 valence electrons. The van der Waals surface area contributed by atoms with Gasteiger partial charge in [-0.25, -0.2) is 8.78 Å². The van der Waals surface area contributed by atoms with Gasteiger partial charge in [0.2, 0.25) is 0 Å². The van der Waals surface area contributed by atoms with E-state index in [0.717, 1.165) is 6.07 Å². The van der Waals surface area contributed by atoms with Crippen molar-refractivity contribution in [1.29, 1.82) is 0 Å². The Morgan fingerprint density at radius 3 is 2.26 bits per heavy atom.